The van der Waals surface area contributed by atoms with Gasteiger partial charge in [0, 0.05) is 44.0 Å². The molecule has 1 fully saturated rings. The van der Waals surface area contributed by atoms with Crippen LogP contribution in [0.4, 0.5) is 4.39 Å². The van der Waals surface area contributed by atoms with Crippen molar-refractivity contribution >= 4 is 5.91 Å². The van der Waals surface area contributed by atoms with E-state index < -0.39 is 5.82 Å². The lowest BCUT2D eigenvalue weighted by atomic mass is 10.0. The Morgan fingerprint density at radius 1 is 1.30 bits per heavy atom. The second-order valence-electron chi connectivity index (χ2n) is 6.62. The van der Waals surface area contributed by atoms with Gasteiger partial charge in [-0.2, -0.15) is 0 Å². The number of hydrogen-bond donors (Lipinski definition) is 1. The molecule has 5 nitrogen and oxygen atoms in total. The molecule has 0 spiro atoms. The van der Waals surface area contributed by atoms with E-state index in [1.165, 1.54) is 12.1 Å². The van der Waals surface area contributed by atoms with E-state index >= 15 is 0 Å². The number of benzene rings is 2. The van der Waals surface area contributed by atoms with E-state index in [-0.39, 0.29) is 17.8 Å². The summed E-state index contributed by atoms with van der Waals surface area (Å²) in [6, 6.07) is 10.8. The molecule has 1 saturated heterocycles. The summed E-state index contributed by atoms with van der Waals surface area (Å²) < 4.78 is 24.8. The van der Waals surface area contributed by atoms with Crippen LogP contribution in [0.2, 0.25) is 0 Å². The van der Waals surface area contributed by atoms with Gasteiger partial charge in [0.1, 0.15) is 11.6 Å². The highest BCUT2D eigenvalue weighted by molar-refractivity contribution is 5.94. The number of phenolic OH excluding ortho intramolecular Hbond substituents is 1. The lowest BCUT2D eigenvalue weighted by Crippen LogP contribution is -2.39. The summed E-state index contributed by atoms with van der Waals surface area (Å²) in [5.74, 6) is -0.722. The van der Waals surface area contributed by atoms with E-state index in [2.05, 4.69) is 0 Å². The number of carbonyl (C=O) groups is 1. The second kappa shape index (κ2) is 8.97. The smallest absolute Gasteiger partial charge is 0.254 e. The van der Waals surface area contributed by atoms with Crippen LogP contribution in [0, 0.1) is 5.82 Å². The summed E-state index contributed by atoms with van der Waals surface area (Å²) in [7, 11) is 1.61. The van der Waals surface area contributed by atoms with Gasteiger partial charge in [-0.1, -0.05) is 12.1 Å². The lowest BCUT2D eigenvalue weighted by molar-refractivity contribution is 0.0456. The van der Waals surface area contributed by atoms with E-state index in [1.54, 1.807) is 36.3 Å². The second-order valence-corrected chi connectivity index (χ2v) is 6.62. The number of rotatable bonds is 7. The molecule has 0 aromatic heterocycles. The molecule has 2 aromatic rings. The molecule has 1 aliphatic heterocycles. The lowest BCUT2D eigenvalue weighted by Gasteiger charge is -2.25. The number of halogens is 1. The molecule has 27 heavy (non-hydrogen) atoms. The molecule has 1 atom stereocenters. The van der Waals surface area contributed by atoms with Crippen molar-refractivity contribution in [2.75, 3.05) is 33.4 Å². The van der Waals surface area contributed by atoms with Crippen LogP contribution >= 0.6 is 0 Å². The molecule has 1 N–H and O–H groups in total. The SMILES string of the molecule is COCCN(C[C@H]1CCCO1)C(=O)c1ccc(-c2ccc(O)cc2F)cc1. The number of hydrogen-bond acceptors (Lipinski definition) is 4. The summed E-state index contributed by atoms with van der Waals surface area (Å²) in [5.41, 5.74) is 1.56. The predicted octanol–water partition coefficient (Wildman–Crippen LogP) is 3.47. The van der Waals surface area contributed by atoms with Crippen LogP contribution in [0.25, 0.3) is 11.1 Å². The normalized spacial score (nSPS) is 16.4. The van der Waals surface area contributed by atoms with Crippen molar-refractivity contribution in [3.8, 4) is 16.9 Å². The van der Waals surface area contributed by atoms with Crippen molar-refractivity contribution in [3.05, 3.63) is 53.8 Å². The fourth-order valence-electron chi connectivity index (χ4n) is 3.22. The maximum Gasteiger partial charge on any atom is 0.254 e. The number of ether oxygens (including phenoxy) is 2. The first-order valence-electron chi connectivity index (χ1n) is 9.07. The summed E-state index contributed by atoms with van der Waals surface area (Å²) in [6.45, 7) is 2.22. The van der Waals surface area contributed by atoms with E-state index in [0.717, 1.165) is 25.5 Å². The Kier molecular flexibility index (Phi) is 6.42. The zero-order valence-electron chi connectivity index (χ0n) is 15.4. The molecule has 1 aliphatic rings. The van der Waals surface area contributed by atoms with Gasteiger partial charge >= 0.3 is 0 Å². The molecular weight excluding hydrogens is 349 g/mol. The molecule has 0 saturated carbocycles. The molecule has 0 bridgehead atoms. The molecule has 1 heterocycles. The Bertz CT molecular complexity index is 772. The van der Waals surface area contributed by atoms with E-state index in [9.17, 15) is 14.3 Å². The number of carbonyl (C=O) groups excluding carboxylic acids is 1. The highest BCUT2D eigenvalue weighted by atomic mass is 19.1. The molecule has 3 rings (SSSR count). The van der Waals surface area contributed by atoms with Crippen molar-refractivity contribution in [1.82, 2.24) is 4.90 Å². The van der Waals surface area contributed by atoms with Crippen LogP contribution in [-0.4, -0.2) is 55.4 Å². The van der Waals surface area contributed by atoms with Gasteiger partial charge in [-0.15, -0.1) is 0 Å². The van der Waals surface area contributed by atoms with Gasteiger partial charge in [-0.3, -0.25) is 4.79 Å². The molecule has 0 radical (unpaired) electrons. The minimum atomic E-state index is -0.505. The topological polar surface area (TPSA) is 59.0 Å². The van der Waals surface area contributed by atoms with Crippen LogP contribution in [0.15, 0.2) is 42.5 Å². The maximum atomic E-state index is 14.0. The van der Waals surface area contributed by atoms with Gasteiger partial charge in [0.05, 0.1) is 12.7 Å². The Morgan fingerprint density at radius 2 is 2.07 bits per heavy atom. The van der Waals surface area contributed by atoms with Crippen molar-refractivity contribution in [2.24, 2.45) is 0 Å². The monoisotopic (exact) mass is 373 g/mol. The van der Waals surface area contributed by atoms with Crippen LogP contribution < -0.4 is 0 Å². The first-order chi connectivity index (χ1) is 13.1. The number of amides is 1. The third-order valence-corrected chi connectivity index (χ3v) is 4.70. The summed E-state index contributed by atoms with van der Waals surface area (Å²) in [6.07, 6.45) is 2.04. The zero-order valence-corrected chi connectivity index (χ0v) is 15.4. The number of nitrogens with zero attached hydrogens (tertiary/aromatic N) is 1. The minimum Gasteiger partial charge on any atom is -0.508 e. The van der Waals surface area contributed by atoms with Gasteiger partial charge in [0.25, 0.3) is 5.91 Å². The molecule has 0 unspecified atom stereocenters. The highest BCUT2D eigenvalue weighted by Gasteiger charge is 2.23. The molecule has 1 amide bonds. The van der Waals surface area contributed by atoms with Crippen LogP contribution in [0.5, 0.6) is 5.75 Å². The number of methoxy groups -OCH3 is 1. The molecule has 6 heteroatoms. The summed E-state index contributed by atoms with van der Waals surface area (Å²) in [4.78, 5) is 14.7. The van der Waals surface area contributed by atoms with Crippen molar-refractivity contribution in [1.29, 1.82) is 0 Å². The van der Waals surface area contributed by atoms with Crippen LogP contribution in [0.3, 0.4) is 0 Å². The third kappa shape index (κ3) is 4.84. The fourth-order valence-corrected chi connectivity index (χ4v) is 3.22. The average molecular weight is 373 g/mol. The maximum absolute atomic E-state index is 14.0. The Hall–Kier alpha value is -2.44. The number of phenols is 1. The van der Waals surface area contributed by atoms with E-state index in [4.69, 9.17) is 9.47 Å². The molecular formula is C21H24FNO4. The average Bonchev–Trinajstić information content (AvgIpc) is 3.18. The van der Waals surface area contributed by atoms with Crippen molar-refractivity contribution < 1.29 is 23.8 Å². The summed E-state index contributed by atoms with van der Waals surface area (Å²) >= 11 is 0. The Morgan fingerprint density at radius 3 is 2.70 bits per heavy atom. The first-order valence-corrected chi connectivity index (χ1v) is 9.07. The molecule has 144 valence electrons. The summed E-state index contributed by atoms with van der Waals surface area (Å²) in [5, 5.41) is 9.34. The first kappa shape index (κ1) is 19.3. The van der Waals surface area contributed by atoms with Gasteiger partial charge in [0.2, 0.25) is 0 Å². The zero-order chi connectivity index (χ0) is 19.2. The van der Waals surface area contributed by atoms with Crippen LogP contribution in [-0.2, 0) is 9.47 Å². The van der Waals surface area contributed by atoms with Crippen molar-refractivity contribution in [3.63, 3.8) is 0 Å². The van der Waals surface area contributed by atoms with Gasteiger partial charge in [0.15, 0.2) is 0 Å². The standard InChI is InChI=1S/C21H24FNO4/c1-26-12-10-23(14-18-3-2-11-27-18)21(25)16-6-4-15(5-7-16)19-9-8-17(24)13-20(19)22/h4-9,13,18,24H,2-3,10-12,14H2,1H3/t18-/m1/s1. The molecule has 2 aromatic carbocycles. The minimum absolute atomic E-state index is 0.0659. The van der Waals surface area contributed by atoms with Crippen LogP contribution in [0.1, 0.15) is 23.2 Å². The van der Waals surface area contributed by atoms with E-state index in [0.29, 0.717) is 36.4 Å². The Labute approximate surface area is 158 Å². The van der Waals surface area contributed by atoms with Crippen molar-refractivity contribution in [2.45, 2.75) is 18.9 Å². The third-order valence-electron chi connectivity index (χ3n) is 4.70. The predicted molar refractivity (Wildman–Crippen MR) is 100 cm³/mol. The largest absolute Gasteiger partial charge is 0.508 e. The Balaban J connectivity index is 1.75. The van der Waals surface area contributed by atoms with Gasteiger partial charge < -0.3 is 19.5 Å². The molecule has 0 aliphatic carbocycles. The van der Waals surface area contributed by atoms with Gasteiger partial charge in [-0.05, 0) is 42.7 Å². The van der Waals surface area contributed by atoms with Gasteiger partial charge in [-0.25, -0.2) is 4.39 Å². The number of aromatic hydroxyl groups is 1. The highest BCUT2D eigenvalue weighted by Crippen LogP contribution is 2.26. The quantitative estimate of drug-likeness (QED) is 0.807. The van der Waals surface area contributed by atoms with E-state index in [1.807, 2.05) is 0 Å². The fraction of sp³-hybridized carbons (Fsp3) is 0.381.